The molecule has 1 N–H and O–H groups in total. The Balaban J connectivity index is 1.65. The fraction of sp³-hybridized carbons (Fsp3) is 0.636. The maximum Gasteiger partial charge on any atom is 0.433 e. The van der Waals surface area contributed by atoms with Crippen LogP contribution < -0.4 is 5.32 Å². The lowest BCUT2D eigenvalue weighted by Gasteiger charge is -2.08. The van der Waals surface area contributed by atoms with Crippen molar-refractivity contribution < 1.29 is 14.1 Å². The molecule has 6 heteroatoms. The van der Waals surface area contributed by atoms with Crippen molar-refractivity contribution in [3.63, 3.8) is 0 Å². The van der Waals surface area contributed by atoms with Crippen molar-refractivity contribution in [2.45, 2.75) is 31.9 Å². The molecule has 94 valence electrons. The van der Waals surface area contributed by atoms with E-state index in [1.54, 1.807) is 6.07 Å². The predicted octanol–water partition coefficient (Wildman–Crippen LogP) is 1.85. The van der Waals surface area contributed by atoms with Crippen molar-refractivity contribution in [1.29, 1.82) is 0 Å². The van der Waals surface area contributed by atoms with E-state index < -0.39 is 4.92 Å². The molecule has 17 heavy (non-hydrogen) atoms. The van der Waals surface area contributed by atoms with E-state index in [1.807, 2.05) is 0 Å². The Hall–Kier alpha value is -1.40. The minimum Gasteiger partial charge on any atom is -0.404 e. The van der Waals surface area contributed by atoms with Crippen LogP contribution in [0.4, 0.5) is 5.88 Å². The number of hydrogen-bond acceptors (Lipinski definition) is 5. The predicted molar refractivity (Wildman–Crippen MR) is 60.7 cm³/mol. The van der Waals surface area contributed by atoms with Crippen LogP contribution in [-0.2, 0) is 11.3 Å². The fourth-order valence-corrected chi connectivity index (χ4v) is 1.91. The highest BCUT2D eigenvalue weighted by molar-refractivity contribution is 5.17. The highest BCUT2D eigenvalue weighted by atomic mass is 16.6. The van der Waals surface area contributed by atoms with Gasteiger partial charge in [-0.1, -0.05) is 0 Å². The number of ether oxygens (including phenoxy) is 1. The molecule has 0 aromatic carbocycles. The van der Waals surface area contributed by atoms with Crippen LogP contribution in [0, 0.1) is 10.1 Å². The zero-order chi connectivity index (χ0) is 12.1. The van der Waals surface area contributed by atoms with Crippen LogP contribution in [0.5, 0.6) is 0 Å². The van der Waals surface area contributed by atoms with Crippen molar-refractivity contribution in [1.82, 2.24) is 5.32 Å². The summed E-state index contributed by atoms with van der Waals surface area (Å²) in [4.78, 5) is 9.86. The number of nitro groups is 1. The van der Waals surface area contributed by atoms with Crippen LogP contribution in [0.2, 0.25) is 0 Å². The van der Waals surface area contributed by atoms with Gasteiger partial charge in [0.25, 0.3) is 0 Å². The van der Waals surface area contributed by atoms with Crippen LogP contribution >= 0.6 is 0 Å². The average Bonchev–Trinajstić information content (AvgIpc) is 2.96. The number of furan rings is 1. The molecule has 2 rings (SSSR count). The van der Waals surface area contributed by atoms with Gasteiger partial charge in [-0.3, -0.25) is 10.1 Å². The number of nitrogens with zero attached hydrogens (tertiary/aromatic N) is 1. The Morgan fingerprint density at radius 2 is 2.41 bits per heavy atom. The Bertz CT molecular complexity index is 371. The molecule has 1 aromatic rings. The molecule has 1 aliphatic rings. The summed E-state index contributed by atoms with van der Waals surface area (Å²) in [5, 5.41) is 13.6. The van der Waals surface area contributed by atoms with Crippen LogP contribution in [-0.4, -0.2) is 24.2 Å². The lowest BCUT2D eigenvalue weighted by Crippen LogP contribution is -2.19. The summed E-state index contributed by atoms with van der Waals surface area (Å²) in [6.07, 6.45) is 3.62. The maximum absolute atomic E-state index is 10.4. The summed E-state index contributed by atoms with van der Waals surface area (Å²) >= 11 is 0. The van der Waals surface area contributed by atoms with Crippen LogP contribution in [0.15, 0.2) is 16.5 Å². The molecule has 0 bridgehead atoms. The minimum absolute atomic E-state index is 0.207. The van der Waals surface area contributed by atoms with E-state index in [2.05, 4.69) is 5.32 Å². The van der Waals surface area contributed by atoms with Crippen LogP contribution in [0.3, 0.4) is 0 Å². The average molecular weight is 240 g/mol. The summed E-state index contributed by atoms with van der Waals surface area (Å²) in [6.45, 7) is 2.22. The molecule has 0 radical (unpaired) electrons. The highest BCUT2D eigenvalue weighted by Gasteiger charge is 2.15. The Kier molecular flexibility index (Phi) is 4.11. The number of hydrogen-bond donors (Lipinski definition) is 1. The second-order valence-corrected chi connectivity index (χ2v) is 4.10. The Labute approximate surface area is 99.1 Å². The van der Waals surface area contributed by atoms with Crippen molar-refractivity contribution in [3.05, 3.63) is 28.0 Å². The van der Waals surface area contributed by atoms with Crippen LogP contribution in [0.1, 0.15) is 25.0 Å². The molecule has 0 spiro atoms. The molecule has 1 aromatic heterocycles. The molecule has 0 aliphatic carbocycles. The molecule has 1 aliphatic heterocycles. The summed E-state index contributed by atoms with van der Waals surface area (Å²) in [7, 11) is 0. The molecule has 0 saturated carbocycles. The molecule has 6 nitrogen and oxygen atoms in total. The molecule has 0 amide bonds. The smallest absolute Gasteiger partial charge is 0.404 e. The highest BCUT2D eigenvalue weighted by Crippen LogP contribution is 2.16. The molecule has 1 fully saturated rings. The SMILES string of the molecule is O=[N+]([O-])c1ccc(CNCCC2CCCO2)o1. The number of rotatable bonds is 6. The Morgan fingerprint density at radius 1 is 1.53 bits per heavy atom. The van der Waals surface area contributed by atoms with Crippen molar-refractivity contribution in [2.75, 3.05) is 13.2 Å². The Morgan fingerprint density at radius 3 is 3.06 bits per heavy atom. The van der Waals surface area contributed by atoms with E-state index in [4.69, 9.17) is 9.15 Å². The first-order valence-electron chi connectivity index (χ1n) is 5.81. The second-order valence-electron chi connectivity index (χ2n) is 4.10. The first kappa shape index (κ1) is 12.1. The van der Waals surface area contributed by atoms with Gasteiger partial charge in [0.2, 0.25) is 0 Å². The van der Waals surface area contributed by atoms with E-state index in [0.29, 0.717) is 18.4 Å². The summed E-state index contributed by atoms with van der Waals surface area (Å²) in [5.74, 6) is 0.380. The van der Waals surface area contributed by atoms with Crippen molar-refractivity contribution in [2.24, 2.45) is 0 Å². The van der Waals surface area contributed by atoms with Gasteiger partial charge in [-0.25, -0.2) is 0 Å². The molecule has 1 saturated heterocycles. The third kappa shape index (κ3) is 3.54. The lowest BCUT2D eigenvalue weighted by atomic mass is 10.2. The second kappa shape index (κ2) is 5.79. The van der Waals surface area contributed by atoms with Crippen LogP contribution in [0.25, 0.3) is 0 Å². The third-order valence-electron chi connectivity index (χ3n) is 2.79. The van der Waals surface area contributed by atoms with E-state index >= 15 is 0 Å². The fourth-order valence-electron chi connectivity index (χ4n) is 1.91. The van der Waals surface area contributed by atoms with Gasteiger partial charge >= 0.3 is 5.88 Å². The van der Waals surface area contributed by atoms with Gasteiger partial charge < -0.3 is 14.5 Å². The van der Waals surface area contributed by atoms with E-state index in [9.17, 15) is 10.1 Å². The molecule has 1 atom stereocenters. The topological polar surface area (TPSA) is 77.5 Å². The van der Waals surface area contributed by atoms with E-state index in [0.717, 1.165) is 32.4 Å². The van der Waals surface area contributed by atoms with Gasteiger partial charge in [-0.15, -0.1) is 0 Å². The van der Waals surface area contributed by atoms with Gasteiger partial charge in [0.05, 0.1) is 18.7 Å². The first-order chi connectivity index (χ1) is 8.25. The normalized spacial score (nSPS) is 19.6. The van der Waals surface area contributed by atoms with E-state index in [1.165, 1.54) is 6.07 Å². The summed E-state index contributed by atoms with van der Waals surface area (Å²) in [6, 6.07) is 2.99. The van der Waals surface area contributed by atoms with E-state index in [-0.39, 0.29) is 5.88 Å². The molecule has 1 unspecified atom stereocenters. The zero-order valence-corrected chi connectivity index (χ0v) is 9.55. The minimum atomic E-state index is -0.532. The first-order valence-corrected chi connectivity index (χ1v) is 5.81. The quantitative estimate of drug-likeness (QED) is 0.466. The molecular formula is C11H16N2O4. The van der Waals surface area contributed by atoms with Gasteiger partial charge in [0.1, 0.15) is 10.7 Å². The monoisotopic (exact) mass is 240 g/mol. The lowest BCUT2D eigenvalue weighted by molar-refractivity contribution is -0.402. The summed E-state index contributed by atoms with van der Waals surface area (Å²) in [5.41, 5.74) is 0. The molecular weight excluding hydrogens is 224 g/mol. The van der Waals surface area contributed by atoms with Gasteiger partial charge in [-0.05, 0) is 31.9 Å². The van der Waals surface area contributed by atoms with Crippen molar-refractivity contribution >= 4 is 5.88 Å². The third-order valence-corrected chi connectivity index (χ3v) is 2.79. The van der Waals surface area contributed by atoms with Gasteiger partial charge in [0, 0.05) is 6.61 Å². The zero-order valence-electron chi connectivity index (χ0n) is 9.55. The number of nitrogens with one attached hydrogen (secondary N) is 1. The summed E-state index contributed by atoms with van der Waals surface area (Å²) < 4.78 is 10.5. The van der Waals surface area contributed by atoms with Gasteiger partial charge in [0.15, 0.2) is 0 Å². The van der Waals surface area contributed by atoms with Crippen molar-refractivity contribution in [3.8, 4) is 0 Å². The maximum atomic E-state index is 10.4. The molecule has 2 heterocycles. The largest absolute Gasteiger partial charge is 0.433 e. The van der Waals surface area contributed by atoms with Gasteiger partial charge in [-0.2, -0.15) is 0 Å². The standard InChI is InChI=1S/C11H16N2O4/c14-13(15)11-4-3-10(17-11)8-12-6-5-9-2-1-7-16-9/h3-4,9,12H,1-2,5-8H2.